The highest BCUT2D eigenvalue weighted by Gasteiger charge is 2.12. The van der Waals surface area contributed by atoms with Gasteiger partial charge in [-0.3, -0.25) is 9.59 Å². The van der Waals surface area contributed by atoms with Crippen LogP contribution in [0.5, 0.6) is 0 Å². The molecule has 0 atom stereocenters. The van der Waals surface area contributed by atoms with Gasteiger partial charge in [-0.05, 0) is 41.8 Å². The average molecular weight is 357 g/mol. The summed E-state index contributed by atoms with van der Waals surface area (Å²) in [5.74, 6) is -0.154. The monoisotopic (exact) mass is 356 g/mol. The third-order valence-electron chi connectivity index (χ3n) is 3.40. The Kier molecular flexibility index (Phi) is 6.78. The molecule has 0 aliphatic carbocycles. The van der Waals surface area contributed by atoms with Gasteiger partial charge < -0.3 is 10.6 Å². The van der Waals surface area contributed by atoms with E-state index in [4.69, 9.17) is 11.6 Å². The molecule has 0 aliphatic rings. The van der Waals surface area contributed by atoms with Crippen LogP contribution in [0.1, 0.15) is 29.8 Å². The van der Waals surface area contributed by atoms with Gasteiger partial charge in [0.05, 0.1) is 11.3 Å². The number of rotatable bonds is 6. The lowest BCUT2D eigenvalue weighted by Crippen LogP contribution is -2.28. The lowest BCUT2D eigenvalue weighted by atomic mass is 10.1. The van der Waals surface area contributed by atoms with E-state index in [0.29, 0.717) is 28.7 Å². The summed E-state index contributed by atoms with van der Waals surface area (Å²) in [6, 6.07) is 14.1. The number of carbonyl (C=O) groups is 2. The van der Waals surface area contributed by atoms with Crippen LogP contribution in [0, 0.1) is 5.92 Å². The van der Waals surface area contributed by atoms with Gasteiger partial charge in [0.1, 0.15) is 0 Å². The first-order valence-electron chi connectivity index (χ1n) is 8.07. The van der Waals surface area contributed by atoms with E-state index in [9.17, 15) is 9.59 Å². The summed E-state index contributed by atoms with van der Waals surface area (Å²) < 4.78 is 0. The number of hydrogen-bond donors (Lipinski definition) is 2. The van der Waals surface area contributed by atoms with E-state index >= 15 is 0 Å². The van der Waals surface area contributed by atoms with Crippen molar-refractivity contribution in [3.8, 4) is 0 Å². The van der Waals surface area contributed by atoms with Crippen LogP contribution in [0.15, 0.2) is 54.6 Å². The lowest BCUT2D eigenvalue weighted by molar-refractivity contribution is -0.111. The predicted molar refractivity (Wildman–Crippen MR) is 103 cm³/mol. The molecule has 0 spiro atoms. The van der Waals surface area contributed by atoms with Gasteiger partial charge in [0.2, 0.25) is 5.91 Å². The molecule has 0 heterocycles. The molecule has 5 heteroatoms. The number of para-hydroxylation sites is 1. The molecule has 2 N–H and O–H groups in total. The van der Waals surface area contributed by atoms with Crippen LogP contribution in [0.4, 0.5) is 5.69 Å². The van der Waals surface area contributed by atoms with Crippen molar-refractivity contribution in [1.29, 1.82) is 0 Å². The van der Waals surface area contributed by atoms with E-state index in [-0.39, 0.29) is 11.8 Å². The van der Waals surface area contributed by atoms with E-state index in [1.165, 1.54) is 6.08 Å². The first-order valence-corrected chi connectivity index (χ1v) is 8.45. The number of carbonyl (C=O) groups excluding carboxylic acids is 2. The summed E-state index contributed by atoms with van der Waals surface area (Å²) in [7, 11) is 0. The molecule has 2 aromatic carbocycles. The second kappa shape index (κ2) is 9.04. The van der Waals surface area contributed by atoms with Crippen LogP contribution in [0.2, 0.25) is 5.02 Å². The lowest BCUT2D eigenvalue weighted by Gasteiger charge is -2.11. The molecule has 0 saturated carbocycles. The van der Waals surface area contributed by atoms with Crippen molar-refractivity contribution >= 4 is 35.2 Å². The number of anilines is 1. The fourth-order valence-corrected chi connectivity index (χ4v) is 2.23. The molecular weight excluding hydrogens is 336 g/mol. The normalized spacial score (nSPS) is 10.9. The molecule has 0 aliphatic heterocycles. The van der Waals surface area contributed by atoms with Gasteiger partial charge in [-0.25, -0.2) is 0 Å². The Morgan fingerprint density at radius 2 is 1.76 bits per heavy atom. The summed E-state index contributed by atoms with van der Waals surface area (Å²) in [5.41, 5.74) is 1.79. The van der Waals surface area contributed by atoms with Gasteiger partial charge in [-0.15, -0.1) is 0 Å². The van der Waals surface area contributed by atoms with Crippen LogP contribution < -0.4 is 10.6 Å². The minimum absolute atomic E-state index is 0.203. The van der Waals surface area contributed by atoms with Crippen molar-refractivity contribution in [1.82, 2.24) is 5.32 Å². The Labute approximate surface area is 152 Å². The van der Waals surface area contributed by atoms with Gasteiger partial charge in [0, 0.05) is 17.6 Å². The van der Waals surface area contributed by atoms with E-state index in [1.54, 1.807) is 42.5 Å². The van der Waals surface area contributed by atoms with Gasteiger partial charge in [-0.1, -0.05) is 49.7 Å². The van der Waals surface area contributed by atoms with Crippen molar-refractivity contribution in [3.05, 3.63) is 70.8 Å². The Hall–Kier alpha value is -2.59. The minimum Gasteiger partial charge on any atom is -0.352 e. The van der Waals surface area contributed by atoms with E-state index in [0.717, 1.165) is 5.56 Å². The van der Waals surface area contributed by atoms with Crippen molar-refractivity contribution in [2.75, 3.05) is 11.9 Å². The molecule has 130 valence electrons. The van der Waals surface area contributed by atoms with Gasteiger partial charge in [0.25, 0.3) is 5.91 Å². The Morgan fingerprint density at radius 1 is 1.08 bits per heavy atom. The summed E-state index contributed by atoms with van der Waals surface area (Å²) in [6.07, 6.45) is 3.11. The van der Waals surface area contributed by atoms with E-state index < -0.39 is 0 Å². The zero-order valence-corrected chi connectivity index (χ0v) is 15.0. The molecule has 0 radical (unpaired) electrons. The smallest absolute Gasteiger partial charge is 0.253 e. The fraction of sp³-hybridized carbons (Fsp3) is 0.200. The maximum absolute atomic E-state index is 12.3. The maximum atomic E-state index is 12.3. The second-order valence-corrected chi connectivity index (χ2v) is 6.46. The number of amides is 2. The largest absolute Gasteiger partial charge is 0.352 e. The average Bonchev–Trinajstić information content (AvgIpc) is 2.59. The van der Waals surface area contributed by atoms with Gasteiger partial charge >= 0.3 is 0 Å². The number of hydrogen-bond acceptors (Lipinski definition) is 2. The molecular formula is C20H21ClN2O2. The third-order valence-corrected chi connectivity index (χ3v) is 3.65. The molecule has 0 bridgehead atoms. The molecule has 2 amide bonds. The molecule has 2 rings (SSSR count). The number of benzene rings is 2. The van der Waals surface area contributed by atoms with Crippen molar-refractivity contribution < 1.29 is 9.59 Å². The summed E-state index contributed by atoms with van der Waals surface area (Å²) >= 11 is 5.83. The fourth-order valence-electron chi connectivity index (χ4n) is 2.10. The highest BCUT2D eigenvalue weighted by Crippen LogP contribution is 2.16. The molecule has 2 aromatic rings. The SMILES string of the molecule is CC(C)CNC(=O)c1ccccc1NC(=O)/C=C/c1ccc(Cl)cc1. The highest BCUT2D eigenvalue weighted by atomic mass is 35.5. The van der Waals surface area contributed by atoms with Crippen molar-refractivity contribution in [3.63, 3.8) is 0 Å². The number of halogens is 1. The van der Waals surface area contributed by atoms with Crippen LogP contribution in [-0.2, 0) is 4.79 Å². The molecule has 0 unspecified atom stereocenters. The standard InChI is InChI=1S/C20H21ClN2O2/c1-14(2)13-22-20(25)17-5-3-4-6-18(17)23-19(24)12-9-15-7-10-16(21)11-8-15/h3-12,14H,13H2,1-2H3,(H,22,25)(H,23,24)/b12-9+. The first-order chi connectivity index (χ1) is 12.0. The minimum atomic E-state index is -0.306. The molecule has 0 saturated heterocycles. The number of nitrogens with one attached hydrogen (secondary N) is 2. The molecule has 4 nitrogen and oxygen atoms in total. The first kappa shape index (κ1) is 18.7. The Bertz CT molecular complexity index is 768. The quantitative estimate of drug-likeness (QED) is 0.755. The van der Waals surface area contributed by atoms with Crippen LogP contribution >= 0.6 is 11.6 Å². The zero-order valence-electron chi connectivity index (χ0n) is 14.3. The van der Waals surface area contributed by atoms with Crippen molar-refractivity contribution in [2.45, 2.75) is 13.8 Å². The second-order valence-electron chi connectivity index (χ2n) is 6.02. The van der Waals surface area contributed by atoms with E-state index in [2.05, 4.69) is 10.6 Å². The zero-order chi connectivity index (χ0) is 18.2. The van der Waals surface area contributed by atoms with Crippen LogP contribution in [0.3, 0.4) is 0 Å². The highest BCUT2D eigenvalue weighted by molar-refractivity contribution is 6.30. The maximum Gasteiger partial charge on any atom is 0.253 e. The van der Waals surface area contributed by atoms with Crippen LogP contribution in [0.25, 0.3) is 6.08 Å². The molecule has 0 aromatic heterocycles. The van der Waals surface area contributed by atoms with Gasteiger partial charge in [-0.2, -0.15) is 0 Å². The van der Waals surface area contributed by atoms with Crippen molar-refractivity contribution in [2.24, 2.45) is 5.92 Å². The third kappa shape index (κ3) is 6.08. The van der Waals surface area contributed by atoms with E-state index in [1.807, 2.05) is 26.0 Å². The topological polar surface area (TPSA) is 58.2 Å². The Balaban J connectivity index is 2.05. The summed E-state index contributed by atoms with van der Waals surface area (Å²) in [5, 5.41) is 6.24. The summed E-state index contributed by atoms with van der Waals surface area (Å²) in [4.78, 5) is 24.4. The predicted octanol–water partition coefficient (Wildman–Crippen LogP) is 4.38. The van der Waals surface area contributed by atoms with Crippen LogP contribution in [-0.4, -0.2) is 18.4 Å². The molecule has 25 heavy (non-hydrogen) atoms. The molecule has 0 fully saturated rings. The summed E-state index contributed by atoms with van der Waals surface area (Å²) in [6.45, 7) is 4.63. The Morgan fingerprint density at radius 3 is 2.44 bits per heavy atom. The van der Waals surface area contributed by atoms with Gasteiger partial charge in [0.15, 0.2) is 0 Å².